The quantitative estimate of drug-likeness (QED) is 0.675. The van der Waals surface area contributed by atoms with Crippen molar-refractivity contribution >= 4 is 0 Å². The maximum atomic E-state index is 5.75. The summed E-state index contributed by atoms with van der Waals surface area (Å²) in [5.74, 6) is 0. The Morgan fingerprint density at radius 3 is 2.77 bits per heavy atom. The van der Waals surface area contributed by atoms with Crippen LogP contribution in [0.4, 0.5) is 0 Å². The zero-order chi connectivity index (χ0) is 9.10. The van der Waals surface area contributed by atoms with E-state index in [0.717, 1.165) is 19.7 Å². The lowest BCUT2D eigenvalue weighted by molar-refractivity contribution is -0.00802. The molecule has 3 nitrogen and oxygen atoms in total. The highest BCUT2D eigenvalue weighted by Crippen LogP contribution is 2.10. The molecule has 2 atom stereocenters. The van der Waals surface area contributed by atoms with Crippen molar-refractivity contribution in [2.45, 2.75) is 31.9 Å². The highest BCUT2D eigenvalue weighted by atomic mass is 16.5. The minimum Gasteiger partial charge on any atom is -0.374 e. The van der Waals surface area contributed by atoms with Crippen LogP contribution in [0.1, 0.15) is 19.8 Å². The van der Waals surface area contributed by atoms with Gasteiger partial charge in [0.2, 0.25) is 0 Å². The molecule has 0 aliphatic carbocycles. The molecule has 0 aromatic rings. The highest BCUT2D eigenvalue weighted by Gasteiger charge is 2.21. The third-order valence-electron chi connectivity index (χ3n) is 2.94. The van der Waals surface area contributed by atoms with Crippen molar-refractivity contribution in [3.8, 4) is 0 Å². The smallest absolute Gasteiger partial charge is 0.0826 e. The van der Waals surface area contributed by atoms with Gasteiger partial charge in [0.1, 0.15) is 0 Å². The number of hydrogen-bond donors (Lipinski definition) is 1. The fourth-order valence-corrected chi connectivity index (χ4v) is 2.10. The zero-order valence-corrected chi connectivity index (χ0v) is 8.46. The number of hydrogen-bond acceptors (Lipinski definition) is 3. The van der Waals surface area contributed by atoms with Gasteiger partial charge >= 0.3 is 0 Å². The molecule has 2 aliphatic heterocycles. The van der Waals surface area contributed by atoms with Crippen LogP contribution in [0, 0.1) is 0 Å². The Balaban J connectivity index is 1.69. The molecule has 2 rings (SSSR count). The summed E-state index contributed by atoms with van der Waals surface area (Å²) < 4.78 is 5.75. The third-order valence-corrected chi connectivity index (χ3v) is 2.94. The lowest BCUT2D eigenvalue weighted by Crippen LogP contribution is -2.48. The molecule has 2 heterocycles. The second-order valence-corrected chi connectivity index (χ2v) is 4.27. The Bertz CT molecular complexity index is 149. The minimum atomic E-state index is 0.425. The van der Waals surface area contributed by atoms with Gasteiger partial charge in [0, 0.05) is 19.1 Å². The van der Waals surface area contributed by atoms with Crippen LogP contribution in [0.25, 0.3) is 0 Å². The van der Waals surface area contributed by atoms with Gasteiger partial charge in [0.05, 0.1) is 12.7 Å². The first kappa shape index (κ1) is 9.44. The average Bonchev–Trinajstić information content (AvgIpc) is 2.62. The van der Waals surface area contributed by atoms with Crippen LogP contribution in [0.5, 0.6) is 0 Å². The van der Waals surface area contributed by atoms with Gasteiger partial charge in [0.25, 0.3) is 0 Å². The summed E-state index contributed by atoms with van der Waals surface area (Å²) in [4.78, 5) is 2.52. The topological polar surface area (TPSA) is 24.5 Å². The predicted octanol–water partition coefficient (Wildman–Crippen LogP) is 0.459. The summed E-state index contributed by atoms with van der Waals surface area (Å²) in [5, 5.41) is 3.45. The zero-order valence-electron chi connectivity index (χ0n) is 8.46. The van der Waals surface area contributed by atoms with Crippen LogP contribution in [-0.2, 0) is 4.74 Å². The molecule has 0 bridgehead atoms. The number of rotatable bonds is 2. The van der Waals surface area contributed by atoms with Gasteiger partial charge in [-0.05, 0) is 32.9 Å². The van der Waals surface area contributed by atoms with Crippen LogP contribution >= 0.6 is 0 Å². The lowest BCUT2D eigenvalue weighted by atomic mass is 10.2. The Morgan fingerprint density at radius 1 is 1.38 bits per heavy atom. The van der Waals surface area contributed by atoms with E-state index in [1.807, 2.05) is 0 Å². The highest BCUT2D eigenvalue weighted by molar-refractivity contribution is 4.77. The molecule has 0 amide bonds. The van der Waals surface area contributed by atoms with Crippen molar-refractivity contribution in [1.29, 1.82) is 0 Å². The summed E-state index contributed by atoms with van der Waals surface area (Å²) in [5.41, 5.74) is 0. The molecule has 2 fully saturated rings. The maximum absolute atomic E-state index is 5.75. The van der Waals surface area contributed by atoms with Crippen LogP contribution in [-0.4, -0.2) is 49.8 Å². The first-order valence-electron chi connectivity index (χ1n) is 5.42. The largest absolute Gasteiger partial charge is 0.374 e. The van der Waals surface area contributed by atoms with Crippen molar-refractivity contribution in [3.05, 3.63) is 0 Å². The van der Waals surface area contributed by atoms with E-state index in [4.69, 9.17) is 4.74 Å². The summed E-state index contributed by atoms with van der Waals surface area (Å²) in [6.07, 6.45) is 3.17. The molecule has 1 N–H and O–H groups in total. The van der Waals surface area contributed by atoms with Crippen LogP contribution in [0.3, 0.4) is 0 Å². The molecule has 13 heavy (non-hydrogen) atoms. The average molecular weight is 184 g/mol. The predicted molar refractivity (Wildman–Crippen MR) is 52.9 cm³/mol. The minimum absolute atomic E-state index is 0.425. The van der Waals surface area contributed by atoms with E-state index in [2.05, 4.69) is 17.1 Å². The van der Waals surface area contributed by atoms with E-state index in [0.29, 0.717) is 12.1 Å². The molecule has 0 aromatic carbocycles. The summed E-state index contributed by atoms with van der Waals surface area (Å²) in [7, 11) is 0. The number of ether oxygens (including phenoxy) is 1. The summed E-state index contributed by atoms with van der Waals surface area (Å²) in [6.45, 7) is 7.74. The Hall–Kier alpha value is -0.120. The molecule has 76 valence electrons. The number of nitrogens with zero attached hydrogens (tertiary/aromatic N) is 1. The Kier molecular flexibility index (Phi) is 3.19. The van der Waals surface area contributed by atoms with Gasteiger partial charge in [-0.25, -0.2) is 0 Å². The van der Waals surface area contributed by atoms with E-state index in [-0.39, 0.29) is 0 Å². The van der Waals surface area contributed by atoms with E-state index < -0.39 is 0 Å². The Labute approximate surface area is 80.4 Å². The van der Waals surface area contributed by atoms with Crippen molar-refractivity contribution in [2.24, 2.45) is 0 Å². The molecule has 0 radical (unpaired) electrons. The molecular weight excluding hydrogens is 164 g/mol. The summed E-state index contributed by atoms with van der Waals surface area (Å²) >= 11 is 0. The van der Waals surface area contributed by atoms with Crippen LogP contribution < -0.4 is 5.32 Å². The van der Waals surface area contributed by atoms with Crippen molar-refractivity contribution < 1.29 is 4.74 Å². The van der Waals surface area contributed by atoms with Crippen LogP contribution in [0.2, 0.25) is 0 Å². The molecule has 0 aromatic heterocycles. The fourth-order valence-electron chi connectivity index (χ4n) is 2.10. The monoisotopic (exact) mass is 184 g/mol. The molecule has 3 heteroatoms. The second kappa shape index (κ2) is 4.40. The third kappa shape index (κ3) is 2.66. The molecule has 2 unspecified atom stereocenters. The number of likely N-dealkylation sites (tertiary alicyclic amines) is 1. The first-order chi connectivity index (χ1) is 6.34. The molecular formula is C10H20N2O. The van der Waals surface area contributed by atoms with Gasteiger partial charge < -0.3 is 15.0 Å². The SMILES string of the molecule is CC1COC(CN2CCCC2)CN1. The number of morpholine rings is 1. The maximum Gasteiger partial charge on any atom is 0.0826 e. The first-order valence-corrected chi connectivity index (χ1v) is 5.42. The fraction of sp³-hybridized carbons (Fsp3) is 1.00. The van der Waals surface area contributed by atoms with Crippen molar-refractivity contribution in [1.82, 2.24) is 10.2 Å². The van der Waals surface area contributed by atoms with E-state index in [9.17, 15) is 0 Å². The van der Waals surface area contributed by atoms with E-state index >= 15 is 0 Å². The van der Waals surface area contributed by atoms with Crippen molar-refractivity contribution in [2.75, 3.05) is 32.8 Å². The lowest BCUT2D eigenvalue weighted by Gasteiger charge is -2.30. The van der Waals surface area contributed by atoms with Gasteiger partial charge in [0.15, 0.2) is 0 Å². The van der Waals surface area contributed by atoms with Gasteiger partial charge in [-0.1, -0.05) is 0 Å². The van der Waals surface area contributed by atoms with Gasteiger partial charge in [-0.2, -0.15) is 0 Å². The molecule has 2 aliphatic rings. The van der Waals surface area contributed by atoms with Gasteiger partial charge in [-0.3, -0.25) is 0 Å². The standard InChI is InChI=1S/C10H20N2O/c1-9-8-13-10(6-11-9)7-12-4-2-3-5-12/h9-11H,2-8H2,1H3. The number of nitrogens with one attached hydrogen (secondary N) is 1. The van der Waals surface area contributed by atoms with E-state index in [1.54, 1.807) is 0 Å². The molecule has 0 spiro atoms. The normalized spacial score (nSPS) is 36.7. The second-order valence-electron chi connectivity index (χ2n) is 4.27. The van der Waals surface area contributed by atoms with Gasteiger partial charge in [-0.15, -0.1) is 0 Å². The van der Waals surface area contributed by atoms with E-state index in [1.165, 1.54) is 25.9 Å². The summed E-state index contributed by atoms with van der Waals surface area (Å²) in [6, 6.07) is 0.537. The van der Waals surface area contributed by atoms with Crippen molar-refractivity contribution in [3.63, 3.8) is 0 Å². The Morgan fingerprint density at radius 2 is 2.15 bits per heavy atom. The molecule has 2 saturated heterocycles. The van der Waals surface area contributed by atoms with Crippen LogP contribution in [0.15, 0.2) is 0 Å². The molecule has 0 saturated carbocycles.